The second kappa shape index (κ2) is 9.59. The summed E-state index contributed by atoms with van der Waals surface area (Å²) >= 11 is 0. The Hall–Kier alpha value is -2.82. The average molecular weight is 398 g/mol. The summed E-state index contributed by atoms with van der Waals surface area (Å²) in [6.45, 7) is 12.3. The van der Waals surface area contributed by atoms with Crippen molar-refractivity contribution in [3.8, 4) is 5.75 Å². The van der Waals surface area contributed by atoms with E-state index in [9.17, 15) is 9.59 Å². The number of ether oxygens (including phenoxy) is 2. The lowest BCUT2D eigenvalue weighted by atomic mass is 9.87. The van der Waals surface area contributed by atoms with Gasteiger partial charge in [-0.3, -0.25) is 4.79 Å². The molecule has 0 bridgehead atoms. The van der Waals surface area contributed by atoms with Gasteiger partial charge in [-0.1, -0.05) is 45.9 Å². The molecule has 2 rings (SSSR count). The van der Waals surface area contributed by atoms with Crippen LogP contribution in [0.2, 0.25) is 0 Å². The van der Waals surface area contributed by atoms with Gasteiger partial charge in [-0.15, -0.1) is 0 Å². The lowest BCUT2D eigenvalue weighted by Crippen LogP contribution is -2.32. The van der Waals surface area contributed by atoms with Crippen molar-refractivity contribution in [2.24, 2.45) is 0 Å². The standard InChI is InChI=1S/C24H31NO4/c1-7-21(29-19-13-11-18(12-14-19)24(4,5)6)22(26)25-20-15-17(10-9-16(20)3)23(27)28-8-2/h9-15,21H,7-8H2,1-6H3,(H,25,26)/t21-/m0/s1. The van der Waals surface area contributed by atoms with Crippen LogP contribution in [-0.2, 0) is 14.9 Å². The third-order valence-electron chi connectivity index (χ3n) is 4.67. The van der Waals surface area contributed by atoms with Gasteiger partial charge in [0.1, 0.15) is 5.75 Å². The van der Waals surface area contributed by atoms with Crippen LogP contribution in [-0.4, -0.2) is 24.6 Å². The predicted molar refractivity (Wildman–Crippen MR) is 116 cm³/mol. The summed E-state index contributed by atoms with van der Waals surface area (Å²) in [6.07, 6.45) is -0.121. The maximum Gasteiger partial charge on any atom is 0.338 e. The van der Waals surface area contributed by atoms with Gasteiger partial charge in [-0.05, 0) is 61.1 Å². The number of amides is 1. The molecule has 0 fully saturated rings. The van der Waals surface area contributed by atoms with Gasteiger partial charge in [0.25, 0.3) is 5.91 Å². The first kappa shape index (κ1) is 22.5. The van der Waals surface area contributed by atoms with Gasteiger partial charge in [0.15, 0.2) is 6.10 Å². The van der Waals surface area contributed by atoms with Crippen LogP contribution in [0.5, 0.6) is 5.75 Å². The zero-order chi connectivity index (χ0) is 21.6. The quantitative estimate of drug-likeness (QED) is 0.647. The molecule has 2 aromatic rings. The summed E-state index contributed by atoms with van der Waals surface area (Å²) in [5, 5.41) is 2.88. The highest BCUT2D eigenvalue weighted by Gasteiger charge is 2.21. The SMILES string of the molecule is CCOC(=O)c1ccc(C)c(NC(=O)[C@H](CC)Oc2ccc(C(C)(C)C)cc2)c1. The number of rotatable bonds is 7. The van der Waals surface area contributed by atoms with Crippen LogP contribution >= 0.6 is 0 Å². The van der Waals surface area contributed by atoms with Gasteiger partial charge in [-0.2, -0.15) is 0 Å². The zero-order valence-electron chi connectivity index (χ0n) is 18.2. The monoisotopic (exact) mass is 397 g/mol. The molecule has 0 saturated heterocycles. The molecule has 1 amide bonds. The minimum atomic E-state index is -0.638. The second-order valence-electron chi connectivity index (χ2n) is 8.03. The summed E-state index contributed by atoms with van der Waals surface area (Å²) in [5.74, 6) is -0.0151. The van der Waals surface area contributed by atoms with Crippen molar-refractivity contribution in [3.05, 3.63) is 59.2 Å². The van der Waals surface area contributed by atoms with E-state index in [0.717, 1.165) is 5.56 Å². The minimum Gasteiger partial charge on any atom is -0.481 e. The maximum absolute atomic E-state index is 12.8. The summed E-state index contributed by atoms with van der Waals surface area (Å²) in [7, 11) is 0. The first-order valence-electron chi connectivity index (χ1n) is 10.0. The van der Waals surface area contributed by atoms with Crippen molar-refractivity contribution in [1.82, 2.24) is 0 Å². The van der Waals surface area contributed by atoms with Crippen molar-refractivity contribution in [1.29, 1.82) is 0 Å². The zero-order valence-corrected chi connectivity index (χ0v) is 18.2. The minimum absolute atomic E-state index is 0.0571. The first-order chi connectivity index (χ1) is 13.7. The molecule has 0 spiro atoms. The fourth-order valence-electron chi connectivity index (χ4n) is 2.83. The molecule has 2 aromatic carbocycles. The van der Waals surface area contributed by atoms with E-state index in [1.54, 1.807) is 25.1 Å². The van der Waals surface area contributed by atoms with Crippen LogP contribution in [0.4, 0.5) is 5.69 Å². The van der Waals surface area contributed by atoms with E-state index in [1.165, 1.54) is 5.56 Å². The lowest BCUT2D eigenvalue weighted by molar-refractivity contribution is -0.122. The van der Waals surface area contributed by atoms with E-state index in [1.807, 2.05) is 38.1 Å². The van der Waals surface area contributed by atoms with E-state index >= 15 is 0 Å². The molecule has 0 saturated carbocycles. The van der Waals surface area contributed by atoms with Crippen LogP contribution in [0.1, 0.15) is 62.5 Å². The van der Waals surface area contributed by atoms with E-state index in [2.05, 4.69) is 26.1 Å². The topological polar surface area (TPSA) is 64.6 Å². The van der Waals surface area contributed by atoms with Gasteiger partial charge < -0.3 is 14.8 Å². The third-order valence-corrected chi connectivity index (χ3v) is 4.67. The van der Waals surface area contributed by atoms with Gasteiger partial charge in [-0.25, -0.2) is 4.79 Å². The van der Waals surface area contributed by atoms with E-state index in [4.69, 9.17) is 9.47 Å². The number of nitrogens with one attached hydrogen (secondary N) is 1. The number of anilines is 1. The molecule has 5 nitrogen and oxygen atoms in total. The van der Waals surface area contributed by atoms with Gasteiger partial charge in [0.05, 0.1) is 12.2 Å². The van der Waals surface area contributed by atoms with Gasteiger partial charge >= 0.3 is 5.97 Å². The van der Waals surface area contributed by atoms with Crippen molar-refractivity contribution in [2.45, 2.75) is 59.5 Å². The van der Waals surface area contributed by atoms with Crippen LogP contribution in [0.3, 0.4) is 0 Å². The number of carbonyl (C=O) groups is 2. The Morgan fingerprint density at radius 3 is 2.24 bits per heavy atom. The number of hydrogen-bond acceptors (Lipinski definition) is 4. The summed E-state index contributed by atoms with van der Waals surface area (Å²) in [6, 6.07) is 12.9. The predicted octanol–water partition coefficient (Wildman–Crippen LogP) is 5.27. The molecule has 1 atom stereocenters. The molecule has 0 radical (unpaired) electrons. The molecule has 0 aliphatic carbocycles. The van der Waals surface area contributed by atoms with E-state index in [0.29, 0.717) is 30.0 Å². The molecule has 0 heterocycles. The highest BCUT2D eigenvalue weighted by molar-refractivity contribution is 5.97. The Balaban J connectivity index is 2.12. The van der Waals surface area contributed by atoms with E-state index < -0.39 is 12.1 Å². The fraction of sp³-hybridized carbons (Fsp3) is 0.417. The lowest BCUT2D eigenvalue weighted by Gasteiger charge is -2.21. The van der Waals surface area contributed by atoms with Crippen LogP contribution in [0.15, 0.2) is 42.5 Å². The summed E-state index contributed by atoms with van der Waals surface area (Å²) in [5.41, 5.74) is 3.09. The average Bonchev–Trinajstić information content (AvgIpc) is 2.67. The molecule has 156 valence electrons. The first-order valence-corrected chi connectivity index (χ1v) is 10.0. The van der Waals surface area contributed by atoms with Gasteiger partial charge in [0.2, 0.25) is 0 Å². The summed E-state index contributed by atoms with van der Waals surface area (Å²) < 4.78 is 11.0. The van der Waals surface area contributed by atoms with Crippen molar-refractivity contribution in [3.63, 3.8) is 0 Å². The normalized spacial score (nSPS) is 12.2. The number of hydrogen-bond donors (Lipinski definition) is 1. The fourth-order valence-corrected chi connectivity index (χ4v) is 2.83. The van der Waals surface area contributed by atoms with Crippen molar-refractivity contribution in [2.75, 3.05) is 11.9 Å². The highest BCUT2D eigenvalue weighted by atomic mass is 16.5. The molecule has 29 heavy (non-hydrogen) atoms. The number of aryl methyl sites for hydroxylation is 1. The smallest absolute Gasteiger partial charge is 0.338 e. The number of carbonyl (C=O) groups excluding carboxylic acids is 2. The molecule has 0 unspecified atom stereocenters. The Morgan fingerprint density at radius 1 is 1.03 bits per heavy atom. The van der Waals surface area contributed by atoms with Crippen molar-refractivity contribution < 1.29 is 19.1 Å². The third kappa shape index (κ3) is 6.08. The largest absolute Gasteiger partial charge is 0.481 e. The Morgan fingerprint density at radius 2 is 1.69 bits per heavy atom. The van der Waals surface area contributed by atoms with E-state index in [-0.39, 0.29) is 11.3 Å². The molecule has 0 aliphatic rings. The van der Waals surface area contributed by atoms with Gasteiger partial charge in [0, 0.05) is 5.69 Å². The van der Waals surface area contributed by atoms with Crippen molar-refractivity contribution >= 4 is 17.6 Å². The molecule has 1 N–H and O–H groups in total. The molecular formula is C24H31NO4. The van der Waals surface area contributed by atoms with Crippen LogP contribution in [0.25, 0.3) is 0 Å². The Labute approximate surface area is 173 Å². The second-order valence-corrected chi connectivity index (χ2v) is 8.03. The maximum atomic E-state index is 12.8. The molecule has 0 aliphatic heterocycles. The number of benzene rings is 2. The Kier molecular flexibility index (Phi) is 7.43. The number of esters is 1. The Bertz CT molecular complexity index is 850. The van der Waals surface area contributed by atoms with Crippen LogP contribution in [0, 0.1) is 6.92 Å². The molecular weight excluding hydrogens is 366 g/mol. The van der Waals surface area contributed by atoms with Crippen LogP contribution < -0.4 is 10.1 Å². The highest BCUT2D eigenvalue weighted by Crippen LogP contribution is 2.25. The summed E-state index contributed by atoms with van der Waals surface area (Å²) in [4.78, 5) is 24.7. The molecule has 0 aromatic heterocycles. The molecule has 5 heteroatoms.